The van der Waals surface area contributed by atoms with E-state index in [-0.39, 0.29) is 15.4 Å². The van der Waals surface area contributed by atoms with Crippen LogP contribution in [0.1, 0.15) is 0 Å². The van der Waals surface area contributed by atoms with Gasteiger partial charge in [-0.2, -0.15) is 0 Å². The molecular weight excluding hydrogens is 341 g/mol. The number of nitrogens with one attached hydrogen (secondary N) is 1. The Hall–Kier alpha value is -1.61. The molecule has 1 aromatic carbocycles. The van der Waals surface area contributed by atoms with Crippen LogP contribution in [0.3, 0.4) is 0 Å². The minimum atomic E-state index is -1.02. The second-order valence-electron chi connectivity index (χ2n) is 3.43. The number of nitrogens with zero attached hydrogens (tertiary/aromatic N) is 2. The van der Waals surface area contributed by atoms with E-state index in [1.165, 1.54) is 22.8 Å². The Labute approximate surface area is 118 Å². The van der Waals surface area contributed by atoms with Crippen LogP contribution >= 0.6 is 27.7 Å². The number of hydrogen-bond donors (Lipinski definition) is 2. The molecule has 100 valence electrons. The number of aliphatic carboxylic acids is 1. The van der Waals surface area contributed by atoms with Crippen molar-refractivity contribution in [1.29, 1.82) is 0 Å². The molecule has 0 aliphatic heterocycles. The van der Waals surface area contributed by atoms with Crippen molar-refractivity contribution < 1.29 is 14.3 Å². The molecule has 0 radical (unpaired) electrons. The van der Waals surface area contributed by atoms with Gasteiger partial charge in [-0.25, -0.2) is 18.9 Å². The molecule has 0 bridgehead atoms. The second kappa shape index (κ2) is 5.57. The molecule has 0 spiro atoms. The SMILES string of the molecule is O=C(O)CSc1n[nH]c(=O)n1-c1ccc(F)c(Br)c1. The van der Waals surface area contributed by atoms with Crippen molar-refractivity contribution in [3.63, 3.8) is 0 Å². The first-order valence-corrected chi connectivity index (χ1v) is 6.74. The molecule has 0 amide bonds. The van der Waals surface area contributed by atoms with Crippen molar-refractivity contribution in [2.75, 3.05) is 5.75 Å². The Morgan fingerprint density at radius 1 is 1.58 bits per heavy atom. The lowest BCUT2D eigenvalue weighted by atomic mass is 10.3. The average Bonchev–Trinajstić information content (AvgIpc) is 2.71. The van der Waals surface area contributed by atoms with Crippen molar-refractivity contribution >= 4 is 33.7 Å². The van der Waals surface area contributed by atoms with Crippen molar-refractivity contribution in [2.45, 2.75) is 5.16 Å². The van der Waals surface area contributed by atoms with Gasteiger partial charge in [-0.1, -0.05) is 11.8 Å². The van der Waals surface area contributed by atoms with Crippen LogP contribution in [-0.4, -0.2) is 31.6 Å². The van der Waals surface area contributed by atoms with Crippen molar-refractivity contribution in [3.8, 4) is 5.69 Å². The molecule has 0 saturated heterocycles. The highest BCUT2D eigenvalue weighted by molar-refractivity contribution is 9.10. The summed E-state index contributed by atoms with van der Waals surface area (Å²) in [7, 11) is 0. The number of aromatic amines is 1. The van der Waals surface area contributed by atoms with E-state index in [0.29, 0.717) is 5.69 Å². The third kappa shape index (κ3) is 3.04. The number of carboxylic acid groups (broad SMARTS) is 1. The van der Waals surface area contributed by atoms with Crippen LogP contribution in [0.25, 0.3) is 5.69 Å². The van der Waals surface area contributed by atoms with Crippen LogP contribution in [0.15, 0.2) is 32.6 Å². The molecule has 9 heteroatoms. The predicted octanol–water partition coefficient (Wildman–Crippen LogP) is 1.64. The standard InChI is InChI=1S/C10H7BrFN3O3S/c11-6-3-5(1-2-7(6)12)15-9(18)13-14-10(15)19-4-8(16)17/h1-3H,4H2,(H,13,18)(H,16,17). The van der Waals surface area contributed by atoms with Crippen molar-refractivity contribution in [1.82, 2.24) is 14.8 Å². The molecule has 0 saturated carbocycles. The van der Waals surface area contributed by atoms with E-state index in [9.17, 15) is 14.0 Å². The Bertz CT molecular complexity index is 685. The minimum Gasteiger partial charge on any atom is -0.481 e. The molecule has 0 atom stereocenters. The topological polar surface area (TPSA) is 88.0 Å². The molecule has 19 heavy (non-hydrogen) atoms. The normalized spacial score (nSPS) is 10.6. The molecule has 2 N–H and O–H groups in total. The van der Waals surface area contributed by atoms with Crippen LogP contribution in [-0.2, 0) is 4.79 Å². The lowest BCUT2D eigenvalue weighted by molar-refractivity contribution is -0.133. The number of carboxylic acids is 1. The Morgan fingerprint density at radius 2 is 2.32 bits per heavy atom. The third-order valence-electron chi connectivity index (χ3n) is 2.13. The van der Waals surface area contributed by atoms with Crippen LogP contribution in [0, 0.1) is 5.82 Å². The van der Waals surface area contributed by atoms with E-state index in [4.69, 9.17) is 5.11 Å². The van der Waals surface area contributed by atoms with Gasteiger partial charge < -0.3 is 5.11 Å². The molecule has 0 fully saturated rings. The number of benzene rings is 1. The summed E-state index contributed by atoms with van der Waals surface area (Å²) in [5.74, 6) is -1.71. The van der Waals surface area contributed by atoms with Crippen molar-refractivity contribution in [2.24, 2.45) is 0 Å². The molecule has 1 heterocycles. The van der Waals surface area contributed by atoms with Gasteiger partial charge in [0.1, 0.15) is 5.82 Å². The Morgan fingerprint density at radius 3 is 2.95 bits per heavy atom. The molecular formula is C10H7BrFN3O3S. The zero-order valence-corrected chi connectivity index (χ0v) is 11.7. The van der Waals surface area contributed by atoms with Gasteiger partial charge in [-0.15, -0.1) is 5.10 Å². The van der Waals surface area contributed by atoms with Gasteiger partial charge >= 0.3 is 11.7 Å². The summed E-state index contributed by atoms with van der Waals surface area (Å²) in [5, 5.41) is 14.8. The number of thioether (sulfide) groups is 1. The highest BCUT2D eigenvalue weighted by Gasteiger charge is 2.13. The largest absolute Gasteiger partial charge is 0.481 e. The van der Waals surface area contributed by atoms with Gasteiger partial charge in [0.2, 0.25) is 0 Å². The van der Waals surface area contributed by atoms with E-state index in [1.54, 1.807) is 0 Å². The zero-order valence-electron chi connectivity index (χ0n) is 9.26. The molecule has 0 aliphatic carbocycles. The van der Waals surface area contributed by atoms with E-state index < -0.39 is 17.5 Å². The van der Waals surface area contributed by atoms with Crippen LogP contribution < -0.4 is 5.69 Å². The maximum Gasteiger partial charge on any atom is 0.348 e. The number of aromatic nitrogens is 3. The number of carbonyl (C=O) groups is 1. The predicted molar refractivity (Wildman–Crippen MR) is 70.2 cm³/mol. The molecule has 2 aromatic rings. The Balaban J connectivity index is 2.43. The second-order valence-corrected chi connectivity index (χ2v) is 5.22. The average molecular weight is 348 g/mol. The van der Waals surface area contributed by atoms with Gasteiger partial charge in [0.25, 0.3) is 0 Å². The van der Waals surface area contributed by atoms with Crippen LogP contribution in [0.4, 0.5) is 4.39 Å². The van der Waals surface area contributed by atoms with E-state index in [2.05, 4.69) is 26.1 Å². The maximum atomic E-state index is 13.2. The summed E-state index contributed by atoms with van der Waals surface area (Å²) in [6.07, 6.45) is 0. The van der Waals surface area contributed by atoms with Gasteiger partial charge in [0, 0.05) is 0 Å². The first-order valence-electron chi connectivity index (χ1n) is 4.96. The van der Waals surface area contributed by atoms with Gasteiger partial charge in [0.15, 0.2) is 5.16 Å². The summed E-state index contributed by atoms with van der Waals surface area (Å²) in [5.41, 5.74) is -0.133. The lowest BCUT2D eigenvalue weighted by Crippen LogP contribution is -2.16. The molecule has 0 unspecified atom stereocenters. The summed E-state index contributed by atoms with van der Waals surface area (Å²) >= 11 is 3.91. The van der Waals surface area contributed by atoms with Gasteiger partial charge in [-0.3, -0.25) is 4.79 Å². The summed E-state index contributed by atoms with van der Waals surface area (Å²) in [6.45, 7) is 0. The zero-order chi connectivity index (χ0) is 14.0. The summed E-state index contributed by atoms with van der Waals surface area (Å²) < 4.78 is 14.5. The highest BCUT2D eigenvalue weighted by Crippen LogP contribution is 2.22. The molecule has 1 aromatic heterocycles. The van der Waals surface area contributed by atoms with Crippen LogP contribution in [0.5, 0.6) is 0 Å². The number of rotatable bonds is 4. The fraction of sp³-hybridized carbons (Fsp3) is 0.100. The maximum absolute atomic E-state index is 13.2. The van der Waals surface area contributed by atoms with Crippen molar-refractivity contribution in [3.05, 3.63) is 39.0 Å². The van der Waals surface area contributed by atoms with E-state index >= 15 is 0 Å². The van der Waals surface area contributed by atoms with Crippen LogP contribution in [0.2, 0.25) is 0 Å². The fourth-order valence-electron chi connectivity index (χ4n) is 1.36. The first-order chi connectivity index (χ1) is 8.99. The molecule has 6 nitrogen and oxygen atoms in total. The number of hydrogen-bond acceptors (Lipinski definition) is 4. The summed E-state index contributed by atoms with van der Waals surface area (Å²) in [6, 6.07) is 4.02. The number of H-pyrrole nitrogens is 1. The fourth-order valence-corrected chi connectivity index (χ4v) is 2.40. The molecule has 0 aliphatic rings. The quantitative estimate of drug-likeness (QED) is 0.821. The number of halogens is 2. The van der Waals surface area contributed by atoms with Gasteiger partial charge in [-0.05, 0) is 34.1 Å². The van der Waals surface area contributed by atoms with E-state index in [0.717, 1.165) is 11.8 Å². The summed E-state index contributed by atoms with van der Waals surface area (Å²) in [4.78, 5) is 22.2. The first kappa shape index (κ1) is 13.8. The lowest BCUT2D eigenvalue weighted by Gasteiger charge is -2.05. The monoisotopic (exact) mass is 347 g/mol. The molecule has 2 rings (SSSR count). The van der Waals surface area contributed by atoms with Gasteiger partial charge in [0.05, 0.1) is 15.9 Å². The third-order valence-corrected chi connectivity index (χ3v) is 3.66. The highest BCUT2D eigenvalue weighted by atomic mass is 79.9. The Kier molecular flexibility index (Phi) is 4.05. The minimum absolute atomic E-state index is 0.200. The smallest absolute Gasteiger partial charge is 0.348 e. The van der Waals surface area contributed by atoms with E-state index in [1.807, 2.05) is 0 Å².